The molecule has 0 bridgehead atoms. The summed E-state index contributed by atoms with van der Waals surface area (Å²) in [5.74, 6) is 0.989. The molecule has 0 aliphatic carbocycles. The van der Waals surface area contributed by atoms with E-state index in [1.165, 1.54) is 0 Å². The summed E-state index contributed by atoms with van der Waals surface area (Å²) in [5.41, 5.74) is 0.907. The van der Waals surface area contributed by atoms with Crippen LogP contribution in [0.15, 0.2) is 12.4 Å². The maximum atomic E-state index is 13.1. The highest BCUT2D eigenvalue weighted by Gasteiger charge is 2.40. The number of aryl methyl sites for hydroxylation is 2. The zero-order valence-electron chi connectivity index (χ0n) is 13.1. The molecule has 0 spiro atoms. The van der Waals surface area contributed by atoms with E-state index in [9.17, 15) is 9.67 Å². The quantitative estimate of drug-likeness (QED) is 0.718. The minimum Gasteiger partial charge on any atom is -0.492 e. The highest BCUT2D eigenvalue weighted by Crippen LogP contribution is 2.62. The van der Waals surface area contributed by atoms with Crippen LogP contribution in [0.1, 0.15) is 29.3 Å². The average molecular weight is 337 g/mol. The van der Waals surface area contributed by atoms with E-state index >= 15 is 0 Å². The van der Waals surface area contributed by atoms with Crippen LogP contribution in [0.5, 0.6) is 5.88 Å². The zero-order valence-corrected chi connectivity index (χ0v) is 14.0. The molecule has 3 N–H and O–H groups in total. The molecule has 23 heavy (non-hydrogen) atoms. The molecule has 1 fully saturated rings. The van der Waals surface area contributed by atoms with Gasteiger partial charge in [0.1, 0.15) is 17.3 Å². The van der Waals surface area contributed by atoms with Crippen molar-refractivity contribution in [2.24, 2.45) is 0 Å². The molecule has 0 aromatic carbocycles. The summed E-state index contributed by atoms with van der Waals surface area (Å²) in [5, 5.41) is 12.8. The first kappa shape index (κ1) is 16.0. The predicted octanol–water partition coefficient (Wildman–Crippen LogP) is 2.37. The highest BCUT2D eigenvalue weighted by molar-refractivity contribution is 7.59. The molecule has 0 saturated carbocycles. The Bertz CT molecular complexity index is 701. The van der Waals surface area contributed by atoms with Crippen LogP contribution in [0.25, 0.3) is 0 Å². The van der Waals surface area contributed by atoms with Gasteiger partial charge in [-0.2, -0.15) is 4.98 Å². The Morgan fingerprint density at radius 2 is 2.26 bits per heavy atom. The average Bonchev–Trinajstić information content (AvgIpc) is 3.09. The number of imidazole rings is 1. The summed E-state index contributed by atoms with van der Waals surface area (Å²) in [6.45, 7) is 4.40. The van der Waals surface area contributed by atoms with Gasteiger partial charge >= 0.3 is 0 Å². The summed E-state index contributed by atoms with van der Waals surface area (Å²) in [6.07, 6.45) is 4.57. The smallest absolute Gasteiger partial charge is 0.232 e. The number of aromatic amines is 1. The summed E-state index contributed by atoms with van der Waals surface area (Å²) < 4.78 is 18.6. The fourth-order valence-corrected chi connectivity index (χ4v) is 5.05. The first-order valence-corrected chi connectivity index (χ1v) is 9.37. The topological polar surface area (TPSA) is 113 Å². The van der Waals surface area contributed by atoms with Crippen LogP contribution in [-0.4, -0.2) is 44.4 Å². The lowest BCUT2D eigenvalue weighted by atomic mass is 10.4. The Kier molecular flexibility index (Phi) is 4.37. The van der Waals surface area contributed by atoms with Gasteiger partial charge in [-0.05, 0) is 20.3 Å². The SMILES string of the molecule is Cc1cnc(NCC(c2nc(O)c(C)[nH]2)P2(=O)CCCO2)cn1. The van der Waals surface area contributed by atoms with Crippen LogP contribution in [0, 0.1) is 13.8 Å². The molecule has 9 heteroatoms. The van der Waals surface area contributed by atoms with E-state index in [0.29, 0.717) is 36.6 Å². The molecule has 124 valence electrons. The van der Waals surface area contributed by atoms with Crippen molar-refractivity contribution in [3.8, 4) is 5.88 Å². The Labute approximate surface area is 134 Å². The number of aromatic nitrogens is 4. The summed E-state index contributed by atoms with van der Waals surface area (Å²) in [6, 6.07) is 0. The fourth-order valence-electron chi connectivity index (χ4n) is 2.55. The van der Waals surface area contributed by atoms with Gasteiger partial charge in [-0.1, -0.05) is 0 Å². The van der Waals surface area contributed by atoms with Crippen molar-refractivity contribution in [1.82, 2.24) is 19.9 Å². The Morgan fingerprint density at radius 3 is 2.83 bits per heavy atom. The van der Waals surface area contributed by atoms with Crippen molar-refractivity contribution < 1.29 is 14.2 Å². The second-order valence-electron chi connectivity index (χ2n) is 5.65. The lowest BCUT2D eigenvalue weighted by Crippen LogP contribution is -2.16. The Hall–Kier alpha value is -1.92. The van der Waals surface area contributed by atoms with E-state index in [1.54, 1.807) is 19.3 Å². The third-order valence-electron chi connectivity index (χ3n) is 3.85. The van der Waals surface area contributed by atoms with E-state index < -0.39 is 13.0 Å². The third kappa shape index (κ3) is 3.38. The van der Waals surface area contributed by atoms with Gasteiger partial charge < -0.3 is 19.9 Å². The largest absolute Gasteiger partial charge is 0.492 e. The second kappa shape index (κ2) is 6.29. The van der Waals surface area contributed by atoms with Crippen LogP contribution in [0.3, 0.4) is 0 Å². The summed E-state index contributed by atoms with van der Waals surface area (Å²) in [7, 11) is -2.87. The normalized spacial score (nSPS) is 22.2. The van der Waals surface area contributed by atoms with Gasteiger partial charge in [-0.15, -0.1) is 0 Å². The molecular formula is C14H20N5O3P. The minimum atomic E-state index is -2.87. The first-order valence-electron chi connectivity index (χ1n) is 7.49. The predicted molar refractivity (Wildman–Crippen MR) is 86.0 cm³/mol. The Balaban J connectivity index is 1.83. The maximum absolute atomic E-state index is 13.1. The van der Waals surface area contributed by atoms with Crippen LogP contribution in [0.2, 0.25) is 0 Å². The van der Waals surface area contributed by atoms with E-state index in [-0.39, 0.29) is 5.88 Å². The van der Waals surface area contributed by atoms with Crippen molar-refractivity contribution in [2.75, 3.05) is 24.6 Å². The van der Waals surface area contributed by atoms with Crippen molar-refractivity contribution in [3.63, 3.8) is 0 Å². The third-order valence-corrected chi connectivity index (χ3v) is 6.79. The van der Waals surface area contributed by atoms with E-state index in [4.69, 9.17) is 4.52 Å². The Morgan fingerprint density at radius 1 is 1.43 bits per heavy atom. The lowest BCUT2D eigenvalue weighted by Gasteiger charge is -2.22. The van der Waals surface area contributed by atoms with Crippen LogP contribution < -0.4 is 5.32 Å². The highest BCUT2D eigenvalue weighted by atomic mass is 31.2. The molecule has 3 heterocycles. The lowest BCUT2D eigenvalue weighted by molar-refractivity contribution is 0.343. The van der Waals surface area contributed by atoms with E-state index in [0.717, 1.165) is 12.1 Å². The molecule has 2 atom stereocenters. The molecule has 1 aliphatic heterocycles. The number of aromatic hydroxyl groups is 1. The molecule has 2 unspecified atom stereocenters. The van der Waals surface area contributed by atoms with E-state index in [1.807, 2.05) is 6.92 Å². The van der Waals surface area contributed by atoms with Gasteiger partial charge in [0.25, 0.3) is 0 Å². The molecular weight excluding hydrogens is 317 g/mol. The van der Waals surface area contributed by atoms with Gasteiger partial charge in [-0.25, -0.2) is 4.98 Å². The zero-order chi connectivity index (χ0) is 16.4. The number of nitrogens with zero attached hydrogens (tertiary/aromatic N) is 3. The van der Waals surface area contributed by atoms with Crippen molar-refractivity contribution >= 4 is 13.2 Å². The monoisotopic (exact) mass is 337 g/mol. The molecule has 0 amide bonds. The van der Waals surface area contributed by atoms with Crippen LogP contribution in [0.4, 0.5) is 5.82 Å². The van der Waals surface area contributed by atoms with Gasteiger partial charge in [0, 0.05) is 12.7 Å². The van der Waals surface area contributed by atoms with Gasteiger partial charge in [-0.3, -0.25) is 9.55 Å². The molecule has 8 nitrogen and oxygen atoms in total. The maximum Gasteiger partial charge on any atom is 0.232 e. The number of H-pyrrole nitrogens is 1. The summed E-state index contributed by atoms with van der Waals surface area (Å²) in [4.78, 5) is 15.5. The van der Waals surface area contributed by atoms with Crippen molar-refractivity contribution in [1.29, 1.82) is 0 Å². The van der Waals surface area contributed by atoms with Crippen LogP contribution in [-0.2, 0) is 9.09 Å². The molecule has 0 radical (unpaired) electrons. The number of rotatable bonds is 5. The minimum absolute atomic E-state index is 0.0778. The van der Waals surface area contributed by atoms with Crippen molar-refractivity contribution in [2.45, 2.75) is 25.9 Å². The molecule has 2 aromatic rings. The van der Waals surface area contributed by atoms with Gasteiger partial charge in [0.2, 0.25) is 13.2 Å². The fraction of sp³-hybridized carbons (Fsp3) is 0.500. The molecule has 1 saturated heterocycles. The molecule has 1 aliphatic rings. The first-order chi connectivity index (χ1) is 11.0. The van der Waals surface area contributed by atoms with Gasteiger partial charge in [0.15, 0.2) is 0 Å². The van der Waals surface area contributed by atoms with E-state index in [2.05, 4.69) is 25.3 Å². The van der Waals surface area contributed by atoms with Crippen molar-refractivity contribution in [3.05, 3.63) is 29.6 Å². The summed E-state index contributed by atoms with van der Waals surface area (Å²) >= 11 is 0. The number of hydrogen-bond donors (Lipinski definition) is 3. The van der Waals surface area contributed by atoms with Crippen LogP contribution >= 0.6 is 7.37 Å². The standard InChI is InChI=1S/C14H20N5O3P/c1-9-6-16-12(8-15-9)17-7-11(23(21)5-3-4-22-23)13-18-10(2)14(20)19-13/h6,8,11,20H,3-5,7H2,1-2H3,(H,16,17)(H,18,19). The number of anilines is 1. The number of hydrogen-bond acceptors (Lipinski definition) is 7. The molecule has 3 rings (SSSR count). The second-order valence-corrected chi connectivity index (χ2v) is 8.43. The van der Waals surface area contributed by atoms with Gasteiger partial charge in [0.05, 0.1) is 30.4 Å². The number of nitrogens with one attached hydrogen (secondary N) is 2. The molecule has 2 aromatic heterocycles.